The summed E-state index contributed by atoms with van der Waals surface area (Å²) in [4.78, 5) is 32.9. The number of hydrogen-bond acceptors (Lipinski definition) is 3. The minimum absolute atomic E-state index is 0.364. The third kappa shape index (κ3) is 2.27. The summed E-state index contributed by atoms with van der Waals surface area (Å²) in [5.74, 6) is -0.729. The van der Waals surface area contributed by atoms with E-state index in [4.69, 9.17) is 0 Å². The van der Waals surface area contributed by atoms with Gasteiger partial charge in [-0.1, -0.05) is 24.3 Å². The van der Waals surface area contributed by atoms with Crippen LogP contribution in [0.1, 0.15) is 11.1 Å². The Labute approximate surface area is 158 Å². The van der Waals surface area contributed by atoms with Crippen LogP contribution in [0.3, 0.4) is 0 Å². The SMILES string of the molecule is CSc1cccc2[nH]cc(C3=C(c4c[nH]c5ccccc45)C(=O)NC3=O)c12. The lowest BCUT2D eigenvalue weighted by Gasteiger charge is -2.05. The lowest BCUT2D eigenvalue weighted by atomic mass is 9.95. The van der Waals surface area contributed by atoms with Gasteiger partial charge in [0.25, 0.3) is 11.8 Å². The summed E-state index contributed by atoms with van der Waals surface area (Å²) in [7, 11) is 0. The second-order valence-electron chi connectivity index (χ2n) is 6.37. The highest BCUT2D eigenvalue weighted by Gasteiger charge is 2.34. The molecule has 1 aliphatic heterocycles. The van der Waals surface area contributed by atoms with Crippen LogP contribution < -0.4 is 5.32 Å². The van der Waals surface area contributed by atoms with E-state index >= 15 is 0 Å². The number of carbonyl (C=O) groups is 2. The van der Waals surface area contributed by atoms with Crippen LogP contribution in [0.2, 0.25) is 0 Å². The minimum Gasteiger partial charge on any atom is -0.361 e. The fourth-order valence-electron chi connectivity index (χ4n) is 3.77. The monoisotopic (exact) mass is 373 g/mol. The van der Waals surface area contributed by atoms with Gasteiger partial charge in [-0.2, -0.15) is 0 Å². The number of amides is 2. The van der Waals surface area contributed by atoms with Crippen molar-refractivity contribution in [3.05, 3.63) is 66.0 Å². The van der Waals surface area contributed by atoms with Gasteiger partial charge in [-0.05, 0) is 24.5 Å². The number of carbonyl (C=O) groups excluding carboxylic acids is 2. The van der Waals surface area contributed by atoms with Crippen molar-refractivity contribution in [3.63, 3.8) is 0 Å². The maximum Gasteiger partial charge on any atom is 0.259 e. The van der Waals surface area contributed by atoms with Crippen LogP contribution >= 0.6 is 11.8 Å². The van der Waals surface area contributed by atoms with Crippen molar-refractivity contribution in [1.82, 2.24) is 15.3 Å². The Morgan fingerprint density at radius 2 is 1.44 bits per heavy atom. The molecule has 2 aromatic heterocycles. The van der Waals surface area contributed by atoms with Crippen LogP contribution in [-0.2, 0) is 9.59 Å². The number of H-pyrrole nitrogens is 2. The van der Waals surface area contributed by atoms with Crippen LogP contribution in [0, 0.1) is 0 Å². The summed E-state index contributed by atoms with van der Waals surface area (Å²) < 4.78 is 0. The highest BCUT2D eigenvalue weighted by Crippen LogP contribution is 2.39. The molecule has 0 atom stereocenters. The summed E-state index contributed by atoms with van der Waals surface area (Å²) in [5.41, 5.74) is 4.18. The first-order valence-corrected chi connectivity index (χ1v) is 9.72. The van der Waals surface area contributed by atoms with Crippen molar-refractivity contribution >= 4 is 56.5 Å². The van der Waals surface area contributed by atoms with Crippen LogP contribution in [0.25, 0.3) is 33.0 Å². The normalized spacial score (nSPS) is 14.6. The molecule has 0 fully saturated rings. The first-order chi connectivity index (χ1) is 13.2. The van der Waals surface area contributed by atoms with Crippen LogP contribution in [0.15, 0.2) is 59.8 Å². The number of aromatic amines is 2. The van der Waals surface area contributed by atoms with Gasteiger partial charge in [0.05, 0.1) is 11.1 Å². The summed E-state index contributed by atoms with van der Waals surface area (Å²) in [6.45, 7) is 0. The Kier molecular flexibility index (Phi) is 3.48. The van der Waals surface area contributed by atoms with E-state index in [0.717, 1.165) is 37.8 Å². The highest BCUT2D eigenvalue weighted by molar-refractivity contribution is 7.98. The van der Waals surface area contributed by atoms with E-state index in [9.17, 15) is 9.59 Å². The molecular weight excluding hydrogens is 358 g/mol. The Balaban J connectivity index is 1.86. The van der Waals surface area contributed by atoms with Gasteiger partial charge in [0.1, 0.15) is 0 Å². The summed E-state index contributed by atoms with van der Waals surface area (Å²) >= 11 is 1.61. The highest BCUT2D eigenvalue weighted by atomic mass is 32.2. The Morgan fingerprint density at radius 1 is 0.778 bits per heavy atom. The molecule has 5 rings (SSSR count). The first-order valence-electron chi connectivity index (χ1n) is 8.50. The number of benzene rings is 2. The fourth-order valence-corrected chi connectivity index (χ4v) is 4.40. The third-order valence-electron chi connectivity index (χ3n) is 4.95. The second kappa shape index (κ2) is 5.89. The molecule has 0 saturated heterocycles. The van der Waals surface area contributed by atoms with Crippen molar-refractivity contribution < 1.29 is 9.59 Å². The predicted octanol–water partition coefficient (Wildman–Crippen LogP) is 3.94. The van der Waals surface area contributed by atoms with E-state index in [1.165, 1.54) is 0 Å². The van der Waals surface area contributed by atoms with Crippen LogP contribution in [-0.4, -0.2) is 28.0 Å². The van der Waals surface area contributed by atoms with E-state index in [0.29, 0.717) is 11.1 Å². The number of thioether (sulfide) groups is 1. The predicted molar refractivity (Wildman–Crippen MR) is 108 cm³/mol. The van der Waals surface area contributed by atoms with E-state index in [-0.39, 0.29) is 11.8 Å². The van der Waals surface area contributed by atoms with Crippen molar-refractivity contribution in [2.45, 2.75) is 4.90 Å². The number of nitrogens with one attached hydrogen (secondary N) is 3. The number of fused-ring (bicyclic) bond motifs is 2. The van der Waals surface area contributed by atoms with E-state index in [1.807, 2.05) is 54.9 Å². The van der Waals surface area contributed by atoms with Gasteiger partial charge >= 0.3 is 0 Å². The van der Waals surface area contributed by atoms with Gasteiger partial charge in [0, 0.05) is 50.2 Å². The topological polar surface area (TPSA) is 77.8 Å². The molecule has 132 valence electrons. The average molecular weight is 373 g/mol. The van der Waals surface area contributed by atoms with Crippen LogP contribution in [0.5, 0.6) is 0 Å². The number of hydrogen-bond donors (Lipinski definition) is 3. The zero-order chi connectivity index (χ0) is 18.5. The molecule has 0 spiro atoms. The lowest BCUT2D eigenvalue weighted by molar-refractivity contribution is -0.122. The zero-order valence-electron chi connectivity index (χ0n) is 14.4. The number of aromatic nitrogens is 2. The van der Waals surface area contributed by atoms with Gasteiger partial charge in [0.2, 0.25) is 0 Å². The molecule has 5 nitrogen and oxygen atoms in total. The molecular formula is C21H15N3O2S. The molecule has 3 heterocycles. The lowest BCUT2D eigenvalue weighted by Crippen LogP contribution is -2.22. The van der Waals surface area contributed by atoms with E-state index in [1.54, 1.807) is 18.0 Å². The molecule has 0 radical (unpaired) electrons. The molecule has 27 heavy (non-hydrogen) atoms. The van der Waals surface area contributed by atoms with Gasteiger partial charge in [-0.3, -0.25) is 14.9 Å². The number of rotatable bonds is 3. The fraction of sp³-hybridized carbons (Fsp3) is 0.0476. The smallest absolute Gasteiger partial charge is 0.259 e. The third-order valence-corrected chi connectivity index (χ3v) is 5.73. The van der Waals surface area contributed by atoms with E-state index in [2.05, 4.69) is 15.3 Å². The summed E-state index contributed by atoms with van der Waals surface area (Å²) in [6, 6.07) is 13.7. The van der Waals surface area contributed by atoms with Crippen molar-refractivity contribution in [2.24, 2.45) is 0 Å². The zero-order valence-corrected chi connectivity index (χ0v) is 15.2. The van der Waals surface area contributed by atoms with Gasteiger partial charge in [-0.15, -0.1) is 11.8 Å². The number of imide groups is 1. The Bertz CT molecular complexity index is 1280. The molecule has 0 saturated carbocycles. The van der Waals surface area contributed by atoms with E-state index < -0.39 is 0 Å². The Morgan fingerprint density at radius 3 is 2.26 bits per heavy atom. The maximum absolute atomic E-state index is 12.7. The molecule has 4 aromatic rings. The first kappa shape index (κ1) is 16.0. The quantitative estimate of drug-likeness (QED) is 0.376. The second-order valence-corrected chi connectivity index (χ2v) is 7.21. The Hall–Kier alpha value is -3.25. The largest absolute Gasteiger partial charge is 0.361 e. The number of para-hydroxylation sites is 1. The molecule has 0 bridgehead atoms. The van der Waals surface area contributed by atoms with Crippen molar-refractivity contribution in [2.75, 3.05) is 6.26 Å². The molecule has 0 unspecified atom stereocenters. The van der Waals surface area contributed by atoms with Gasteiger partial charge in [-0.25, -0.2) is 0 Å². The molecule has 2 amide bonds. The van der Waals surface area contributed by atoms with Crippen LogP contribution in [0.4, 0.5) is 0 Å². The molecule has 3 N–H and O–H groups in total. The average Bonchev–Trinajstić information content (AvgIpc) is 3.36. The molecule has 2 aromatic carbocycles. The van der Waals surface area contributed by atoms with Gasteiger partial charge < -0.3 is 9.97 Å². The summed E-state index contributed by atoms with van der Waals surface area (Å²) in [6.07, 6.45) is 5.61. The summed E-state index contributed by atoms with van der Waals surface area (Å²) in [5, 5.41) is 4.35. The molecule has 6 heteroatoms. The van der Waals surface area contributed by atoms with Crippen molar-refractivity contribution in [1.29, 1.82) is 0 Å². The molecule has 1 aliphatic rings. The maximum atomic E-state index is 12.7. The van der Waals surface area contributed by atoms with Gasteiger partial charge in [0.15, 0.2) is 0 Å². The van der Waals surface area contributed by atoms with Crippen molar-refractivity contribution in [3.8, 4) is 0 Å². The molecule has 0 aliphatic carbocycles. The minimum atomic E-state index is -0.365. The standard InChI is InChI=1S/C21H15N3O2S/c1-27-16-8-4-7-15-17(16)13(10-23-15)19-18(20(25)24-21(19)26)12-9-22-14-6-3-2-5-11(12)14/h2-10,22-23H,1H3,(H,24,25,26).